The van der Waals surface area contributed by atoms with E-state index in [0.717, 1.165) is 0 Å². The van der Waals surface area contributed by atoms with E-state index in [2.05, 4.69) is 0 Å². The van der Waals surface area contributed by atoms with Gasteiger partial charge in [0.25, 0.3) is 0 Å². The minimum atomic E-state index is 0. The molecule has 0 heterocycles. The molecule has 0 spiro atoms. The van der Waals surface area contributed by atoms with Crippen LogP contribution < -0.4 is 0 Å². The van der Waals surface area contributed by atoms with E-state index in [1.165, 1.54) is 0 Å². The standard InChI is InChI=1S/CN.Mo.W/c1-2;;/q-1;;. The third-order valence-electron chi connectivity index (χ3n) is 0. The number of hydrogen-bond donors (Lipinski definition) is 0. The Morgan fingerprint density at radius 3 is 1.25 bits per heavy atom. The van der Waals surface area contributed by atoms with Gasteiger partial charge in [-0.1, -0.05) is 0 Å². The summed E-state index contributed by atoms with van der Waals surface area (Å²) in [5.41, 5.74) is 0. The molecule has 4 heavy (non-hydrogen) atoms. The molecule has 0 aliphatic carbocycles. The third-order valence-corrected chi connectivity index (χ3v) is 0. The van der Waals surface area contributed by atoms with E-state index in [1.54, 1.807) is 0 Å². The monoisotopic (exact) mass is 308 g/mol. The molecule has 0 aromatic rings. The molecule has 0 aromatic carbocycles. The summed E-state index contributed by atoms with van der Waals surface area (Å²) < 4.78 is 0. The SMILES string of the molecule is [C-]#N.[Mo].[W]. The van der Waals surface area contributed by atoms with Crippen molar-refractivity contribution in [2.75, 3.05) is 0 Å². The maximum absolute atomic E-state index is 6.25. The van der Waals surface area contributed by atoms with Gasteiger partial charge >= 0.3 is 0 Å². The van der Waals surface area contributed by atoms with Crippen LogP contribution in [0.2, 0.25) is 0 Å². The Bertz CT molecular complexity index is 12.8. The smallest absolute Gasteiger partial charge is 0 e. The largest absolute Gasteiger partial charge is 0.512 e. The number of hydrogen-bond acceptors (Lipinski definition) is 1. The van der Waals surface area contributed by atoms with Crippen LogP contribution in [0.15, 0.2) is 0 Å². The van der Waals surface area contributed by atoms with Gasteiger partial charge in [0, 0.05) is 42.1 Å². The Balaban J connectivity index is -0.00000000500. The summed E-state index contributed by atoms with van der Waals surface area (Å²) in [6, 6.07) is 0. The van der Waals surface area contributed by atoms with Gasteiger partial charge in [-0.3, -0.25) is 0 Å². The summed E-state index contributed by atoms with van der Waals surface area (Å²) in [6.45, 7) is 4.75. The van der Waals surface area contributed by atoms with Gasteiger partial charge in [-0.25, -0.2) is 0 Å². The Morgan fingerprint density at radius 1 is 1.25 bits per heavy atom. The molecule has 0 saturated heterocycles. The molecule has 0 aliphatic heterocycles. The average Bonchev–Trinajstić information content (AvgIpc) is 1.00. The van der Waals surface area contributed by atoms with Crippen LogP contribution in [0, 0.1) is 11.8 Å². The minimum Gasteiger partial charge on any atom is -0.512 e. The summed E-state index contributed by atoms with van der Waals surface area (Å²) >= 11 is 0. The molecule has 0 rings (SSSR count). The summed E-state index contributed by atoms with van der Waals surface area (Å²) in [5.74, 6) is 0. The predicted octanol–water partition coefficient (Wildman–Crippen LogP) is 0.0914. The molecule has 0 radical (unpaired) electrons. The second kappa shape index (κ2) is 42.3. The van der Waals surface area contributed by atoms with Gasteiger partial charge in [0.05, 0.1) is 0 Å². The molecule has 0 bridgehead atoms. The fourth-order valence-electron chi connectivity index (χ4n) is 0. The predicted molar refractivity (Wildman–Crippen MR) is 4.97 cm³/mol. The van der Waals surface area contributed by atoms with Crippen LogP contribution in [0.5, 0.6) is 0 Å². The van der Waals surface area contributed by atoms with Crippen molar-refractivity contribution in [1.29, 1.82) is 5.26 Å². The molecule has 0 fully saturated rings. The summed E-state index contributed by atoms with van der Waals surface area (Å²) in [4.78, 5) is 0. The maximum atomic E-state index is 6.25. The van der Waals surface area contributed by atoms with Crippen molar-refractivity contribution in [2.45, 2.75) is 0 Å². The van der Waals surface area contributed by atoms with Crippen molar-refractivity contribution >= 4 is 0 Å². The zero-order valence-electron chi connectivity index (χ0n) is 1.76. The summed E-state index contributed by atoms with van der Waals surface area (Å²) in [5, 5.41) is 6.25. The van der Waals surface area contributed by atoms with Crippen LogP contribution in [0.4, 0.5) is 0 Å². The Labute approximate surface area is 53.9 Å². The van der Waals surface area contributed by atoms with E-state index < -0.39 is 0 Å². The first-order valence-electron chi connectivity index (χ1n) is 0.224. The topological polar surface area (TPSA) is 23.8 Å². The van der Waals surface area contributed by atoms with Crippen LogP contribution in [0.3, 0.4) is 0 Å². The Hall–Kier alpha value is 0.867. The van der Waals surface area contributed by atoms with E-state index in [1.807, 2.05) is 0 Å². The van der Waals surface area contributed by atoms with E-state index in [-0.39, 0.29) is 42.1 Å². The minimum absolute atomic E-state index is 0. The second-order valence-corrected chi connectivity index (χ2v) is 0. The molecule has 0 aliphatic rings. The molecule has 22 valence electrons. The molecule has 0 atom stereocenters. The molecule has 3 heteroatoms. The molecule has 0 unspecified atom stereocenters. The van der Waals surface area contributed by atoms with Crippen LogP contribution in [0.1, 0.15) is 0 Å². The van der Waals surface area contributed by atoms with Gasteiger partial charge in [0.1, 0.15) is 0 Å². The Morgan fingerprint density at radius 2 is 1.25 bits per heavy atom. The molecule has 0 amide bonds. The number of rotatable bonds is 0. The first-order valence-corrected chi connectivity index (χ1v) is 0.224. The summed E-state index contributed by atoms with van der Waals surface area (Å²) in [7, 11) is 0. The first kappa shape index (κ1) is 20.9. The van der Waals surface area contributed by atoms with Gasteiger partial charge < -0.3 is 11.8 Å². The van der Waals surface area contributed by atoms with Gasteiger partial charge in [-0.15, -0.1) is 0 Å². The quantitative estimate of drug-likeness (QED) is 0.460. The van der Waals surface area contributed by atoms with Crippen molar-refractivity contribution < 1.29 is 42.1 Å². The van der Waals surface area contributed by atoms with Crippen molar-refractivity contribution in [3.8, 4) is 0 Å². The van der Waals surface area contributed by atoms with Crippen molar-refractivity contribution in [3.05, 3.63) is 6.57 Å². The Kier molecular flexibility index (Phi) is 221. The van der Waals surface area contributed by atoms with Crippen LogP contribution in [0.25, 0.3) is 0 Å². The summed E-state index contributed by atoms with van der Waals surface area (Å²) in [6.07, 6.45) is 0. The second-order valence-electron chi connectivity index (χ2n) is 0. The normalized spacial score (nSPS) is 0.500. The van der Waals surface area contributed by atoms with E-state index in [4.69, 9.17) is 11.8 Å². The molecular formula is CMoNW-. The molecule has 0 saturated carbocycles. The van der Waals surface area contributed by atoms with Gasteiger partial charge in [-0.2, -0.15) is 0 Å². The maximum Gasteiger partial charge on any atom is 0 e. The van der Waals surface area contributed by atoms with Crippen molar-refractivity contribution in [3.63, 3.8) is 0 Å². The molecule has 0 N–H and O–H groups in total. The zero-order chi connectivity index (χ0) is 2.00. The van der Waals surface area contributed by atoms with Gasteiger partial charge in [0.15, 0.2) is 0 Å². The third kappa shape index (κ3) is 13.3. The van der Waals surface area contributed by atoms with E-state index >= 15 is 0 Å². The fraction of sp³-hybridized carbons (Fsp3) is 0. The van der Waals surface area contributed by atoms with Crippen LogP contribution in [-0.4, -0.2) is 0 Å². The molecule has 1 nitrogen and oxygen atoms in total. The fourth-order valence-corrected chi connectivity index (χ4v) is 0. The number of nitrogens with zero attached hydrogens (tertiary/aromatic N) is 1. The first-order chi connectivity index (χ1) is 1.00. The van der Waals surface area contributed by atoms with E-state index in [0.29, 0.717) is 0 Å². The van der Waals surface area contributed by atoms with Crippen molar-refractivity contribution in [2.24, 2.45) is 0 Å². The zero-order valence-corrected chi connectivity index (χ0v) is 6.70. The van der Waals surface area contributed by atoms with Crippen LogP contribution >= 0.6 is 0 Å². The average molecular weight is 306 g/mol. The molecular weight excluding hydrogens is 306 g/mol. The van der Waals surface area contributed by atoms with Crippen LogP contribution in [-0.2, 0) is 42.1 Å². The van der Waals surface area contributed by atoms with Crippen molar-refractivity contribution in [1.82, 2.24) is 0 Å². The van der Waals surface area contributed by atoms with Gasteiger partial charge in [0.2, 0.25) is 0 Å². The van der Waals surface area contributed by atoms with E-state index in [9.17, 15) is 0 Å². The van der Waals surface area contributed by atoms with Gasteiger partial charge in [-0.05, 0) is 0 Å². The molecule has 0 aromatic heterocycles.